The number of hydrogen-bond acceptors (Lipinski definition) is 4. The molecule has 0 spiro atoms. The highest BCUT2D eigenvalue weighted by atomic mass is 32.1. The standard InChI is InChI=1S/C14H14FN3O2S/c1-8(2)16-7-11-12(19)17-14(21)18(13(11)20)10-5-3-9(15)4-6-10/h3-8,11H,1-2H3,(H,17,19,21). The molecule has 0 bridgehead atoms. The second-order valence-corrected chi connectivity index (χ2v) is 5.20. The van der Waals surface area contributed by atoms with Gasteiger partial charge in [0.15, 0.2) is 11.0 Å². The normalized spacial score (nSPS) is 19.5. The Labute approximate surface area is 126 Å². The van der Waals surface area contributed by atoms with E-state index in [-0.39, 0.29) is 11.2 Å². The van der Waals surface area contributed by atoms with Crippen LogP contribution in [0.1, 0.15) is 13.8 Å². The topological polar surface area (TPSA) is 61.8 Å². The van der Waals surface area contributed by atoms with Gasteiger partial charge in [-0.1, -0.05) is 0 Å². The summed E-state index contributed by atoms with van der Waals surface area (Å²) < 4.78 is 13.0. The number of thiocarbonyl (C=S) groups is 1. The SMILES string of the molecule is CC(C)N=CC1C(=O)NC(=S)N(c2ccc(F)cc2)C1=O. The summed E-state index contributed by atoms with van der Waals surface area (Å²) in [4.78, 5) is 29.6. The van der Waals surface area contributed by atoms with Gasteiger partial charge in [0.25, 0.3) is 5.91 Å². The van der Waals surface area contributed by atoms with Gasteiger partial charge >= 0.3 is 0 Å². The Bertz CT molecular complexity index is 613. The van der Waals surface area contributed by atoms with Gasteiger partial charge in [-0.3, -0.25) is 19.5 Å². The Morgan fingerprint density at radius 2 is 1.95 bits per heavy atom. The molecule has 0 radical (unpaired) electrons. The number of aliphatic imine (C=N–C) groups is 1. The summed E-state index contributed by atoms with van der Waals surface area (Å²) in [6, 6.07) is 5.26. The number of nitrogens with one attached hydrogen (secondary N) is 1. The summed E-state index contributed by atoms with van der Waals surface area (Å²) in [5.74, 6) is -2.47. The average Bonchev–Trinajstić information content (AvgIpc) is 2.40. The average molecular weight is 307 g/mol. The zero-order valence-corrected chi connectivity index (χ0v) is 12.4. The summed E-state index contributed by atoms with van der Waals surface area (Å²) in [5, 5.41) is 2.44. The van der Waals surface area contributed by atoms with Crippen LogP contribution >= 0.6 is 12.2 Å². The van der Waals surface area contributed by atoms with Crippen LogP contribution in [0.15, 0.2) is 29.3 Å². The molecule has 1 aliphatic rings. The number of amides is 2. The molecule has 110 valence electrons. The maximum Gasteiger partial charge on any atom is 0.251 e. The highest BCUT2D eigenvalue weighted by molar-refractivity contribution is 7.80. The summed E-state index contributed by atoms with van der Waals surface area (Å²) in [6.45, 7) is 3.67. The van der Waals surface area contributed by atoms with Gasteiger partial charge in [0.1, 0.15) is 5.82 Å². The molecular weight excluding hydrogens is 293 g/mol. The van der Waals surface area contributed by atoms with Crippen LogP contribution in [-0.4, -0.2) is 29.2 Å². The first-order valence-corrected chi connectivity index (χ1v) is 6.78. The van der Waals surface area contributed by atoms with Crippen molar-refractivity contribution in [1.82, 2.24) is 5.32 Å². The minimum absolute atomic E-state index is 0.0224. The molecule has 2 rings (SSSR count). The van der Waals surface area contributed by atoms with Crippen LogP contribution < -0.4 is 10.2 Å². The first-order valence-electron chi connectivity index (χ1n) is 6.38. The lowest BCUT2D eigenvalue weighted by atomic mass is 10.1. The maximum atomic E-state index is 13.0. The van der Waals surface area contributed by atoms with Crippen molar-refractivity contribution in [2.75, 3.05) is 4.90 Å². The Morgan fingerprint density at radius 1 is 1.33 bits per heavy atom. The minimum Gasteiger partial charge on any atom is -0.301 e. The van der Waals surface area contributed by atoms with Gasteiger partial charge in [-0.25, -0.2) is 4.39 Å². The van der Waals surface area contributed by atoms with Crippen molar-refractivity contribution in [3.63, 3.8) is 0 Å². The van der Waals surface area contributed by atoms with Crippen LogP contribution in [-0.2, 0) is 9.59 Å². The molecule has 1 heterocycles. The molecule has 5 nitrogen and oxygen atoms in total. The second kappa shape index (κ2) is 6.09. The number of nitrogens with zero attached hydrogens (tertiary/aromatic N) is 2. The van der Waals surface area contributed by atoms with Crippen LogP contribution in [0, 0.1) is 11.7 Å². The number of anilines is 1. The molecule has 7 heteroatoms. The Morgan fingerprint density at radius 3 is 2.52 bits per heavy atom. The molecule has 1 aromatic carbocycles. The highest BCUT2D eigenvalue weighted by Crippen LogP contribution is 2.20. The van der Waals surface area contributed by atoms with Crippen LogP contribution in [0.4, 0.5) is 10.1 Å². The van der Waals surface area contributed by atoms with Gasteiger partial charge in [0, 0.05) is 12.3 Å². The first-order chi connectivity index (χ1) is 9.90. The van der Waals surface area contributed by atoms with Crippen molar-refractivity contribution in [3.05, 3.63) is 30.1 Å². The van der Waals surface area contributed by atoms with Crippen LogP contribution in [0.25, 0.3) is 0 Å². The molecule has 0 aromatic heterocycles. The van der Waals surface area contributed by atoms with Gasteiger partial charge in [-0.05, 0) is 50.3 Å². The predicted molar refractivity (Wildman–Crippen MR) is 81.7 cm³/mol. The summed E-state index contributed by atoms with van der Waals surface area (Å²) in [7, 11) is 0. The largest absolute Gasteiger partial charge is 0.301 e. The molecule has 21 heavy (non-hydrogen) atoms. The third kappa shape index (κ3) is 3.30. The fourth-order valence-electron chi connectivity index (χ4n) is 1.81. The lowest BCUT2D eigenvalue weighted by Gasteiger charge is -2.30. The van der Waals surface area contributed by atoms with E-state index in [1.807, 2.05) is 13.8 Å². The third-order valence-electron chi connectivity index (χ3n) is 2.82. The van der Waals surface area contributed by atoms with E-state index in [1.165, 1.54) is 35.4 Å². The second-order valence-electron chi connectivity index (χ2n) is 4.81. The van der Waals surface area contributed by atoms with E-state index < -0.39 is 23.5 Å². The molecule has 1 N–H and O–H groups in total. The summed E-state index contributed by atoms with van der Waals surface area (Å²) in [5.41, 5.74) is 0.398. The van der Waals surface area contributed by atoms with Crippen molar-refractivity contribution in [2.45, 2.75) is 19.9 Å². The maximum absolute atomic E-state index is 13.0. The van der Waals surface area contributed by atoms with Crippen LogP contribution in [0.3, 0.4) is 0 Å². The van der Waals surface area contributed by atoms with Gasteiger partial charge in [-0.2, -0.15) is 0 Å². The smallest absolute Gasteiger partial charge is 0.251 e. The molecule has 1 atom stereocenters. The number of halogens is 1. The van der Waals surface area contributed by atoms with Crippen molar-refractivity contribution < 1.29 is 14.0 Å². The van der Waals surface area contributed by atoms with E-state index in [9.17, 15) is 14.0 Å². The highest BCUT2D eigenvalue weighted by Gasteiger charge is 2.38. The lowest BCUT2D eigenvalue weighted by Crippen LogP contribution is -2.58. The fourth-order valence-corrected chi connectivity index (χ4v) is 2.11. The van der Waals surface area contributed by atoms with E-state index in [2.05, 4.69) is 10.3 Å². The molecule has 1 unspecified atom stereocenters. The van der Waals surface area contributed by atoms with E-state index in [4.69, 9.17) is 12.2 Å². The first kappa shape index (κ1) is 15.2. The van der Waals surface area contributed by atoms with Crippen molar-refractivity contribution in [1.29, 1.82) is 0 Å². The number of hydrogen-bond donors (Lipinski definition) is 1. The van der Waals surface area contributed by atoms with Crippen LogP contribution in [0.5, 0.6) is 0 Å². The van der Waals surface area contributed by atoms with E-state index in [0.29, 0.717) is 5.69 Å². The molecule has 1 saturated heterocycles. The van der Waals surface area contributed by atoms with Gasteiger partial charge < -0.3 is 5.32 Å². The molecule has 0 saturated carbocycles. The van der Waals surface area contributed by atoms with Gasteiger partial charge in [-0.15, -0.1) is 0 Å². The number of benzene rings is 1. The monoisotopic (exact) mass is 307 g/mol. The molecule has 2 amide bonds. The Kier molecular flexibility index (Phi) is 4.42. The molecule has 1 aliphatic heterocycles. The van der Waals surface area contributed by atoms with Crippen molar-refractivity contribution in [3.8, 4) is 0 Å². The van der Waals surface area contributed by atoms with E-state index in [1.54, 1.807) is 0 Å². The zero-order chi connectivity index (χ0) is 15.6. The Balaban J connectivity index is 2.33. The van der Waals surface area contributed by atoms with E-state index >= 15 is 0 Å². The predicted octanol–water partition coefficient (Wildman–Crippen LogP) is 1.67. The lowest BCUT2D eigenvalue weighted by molar-refractivity contribution is -0.130. The zero-order valence-electron chi connectivity index (χ0n) is 11.5. The molecule has 1 aromatic rings. The number of carbonyl (C=O) groups excluding carboxylic acids is 2. The quantitative estimate of drug-likeness (QED) is 0.525. The summed E-state index contributed by atoms with van der Waals surface area (Å²) in [6.07, 6.45) is 1.32. The fraction of sp³-hybridized carbons (Fsp3) is 0.286. The van der Waals surface area contributed by atoms with Gasteiger partial charge in [0.05, 0.1) is 5.69 Å². The molecule has 1 fully saturated rings. The minimum atomic E-state index is -1.04. The van der Waals surface area contributed by atoms with E-state index in [0.717, 1.165) is 0 Å². The summed E-state index contributed by atoms with van der Waals surface area (Å²) >= 11 is 5.02. The van der Waals surface area contributed by atoms with Crippen molar-refractivity contribution in [2.24, 2.45) is 10.9 Å². The number of rotatable bonds is 3. The third-order valence-corrected chi connectivity index (χ3v) is 3.10. The van der Waals surface area contributed by atoms with Crippen LogP contribution in [0.2, 0.25) is 0 Å². The van der Waals surface area contributed by atoms with Crippen molar-refractivity contribution >= 4 is 41.0 Å². The van der Waals surface area contributed by atoms with Gasteiger partial charge in [0.2, 0.25) is 5.91 Å². The Hall–Kier alpha value is -2.15. The molecule has 0 aliphatic carbocycles. The molecular formula is C14H14FN3O2S. The number of carbonyl (C=O) groups is 2.